The SMILES string of the molecule is COC/C=C/C(=O)NC(C)C1=C2C=NC=C[N+]2(C)C(c2ccc(C(=O)Nc3cc(C(F)(F)F)ccn3)cc2)=N1. The maximum atomic E-state index is 13.0. The summed E-state index contributed by atoms with van der Waals surface area (Å²) in [4.78, 5) is 37.9. The molecular formula is C27H26F3N6O3+. The third-order valence-corrected chi connectivity index (χ3v) is 6.11. The standard InChI is InChI=1S/C27H25F3N6O3/c1-17(33-23(37)5-4-14-39-3)24-21-16-31-12-13-36(21,2)25(35-24)18-6-8-19(9-7-18)26(38)34-22-15-20(10-11-32-22)27(28,29)30/h4-13,15-17H,14H2,1-3H3,(H-,32,33,34,37,38)/p+1/b5-4+. The summed E-state index contributed by atoms with van der Waals surface area (Å²) in [6, 6.07) is 7.68. The van der Waals surface area contributed by atoms with Gasteiger partial charge in [0.15, 0.2) is 5.70 Å². The number of quaternary nitrogens is 1. The minimum Gasteiger partial charge on any atom is -0.381 e. The van der Waals surface area contributed by atoms with E-state index in [2.05, 4.69) is 20.6 Å². The highest BCUT2D eigenvalue weighted by atomic mass is 19.4. The Kier molecular flexibility index (Phi) is 7.88. The first-order valence-corrected chi connectivity index (χ1v) is 11.8. The molecule has 2 unspecified atom stereocenters. The Morgan fingerprint density at radius 3 is 2.62 bits per heavy atom. The number of aliphatic imine (C=N–C) groups is 2. The second kappa shape index (κ2) is 11.1. The molecule has 9 nitrogen and oxygen atoms in total. The van der Waals surface area contributed by atoms with Gasteiger partial charge in [-0.1, -0.05) is 6.08 Å². The van der Waals surface area contributed by atoms with Crippen LogP contribution in [-0.4, -0.2) is 60.1 Å². The maximum absolute atomic E-state index is 13.0. The van der Waals surface area contributed by atoms with Crippen molar-refractivity contribution in [2.24, 2.45) is 9.98 Å². The monoisotopic (exact) mass is 539 g/mol. The Morgan fingerprint density at radius 2 is 1.92 bits per heavy atom. The number of aromatic nitrogens is 1. The number of amides is 2. The number of hydrogen-bond acceptors (Lipinski definition) is 6. The van der Waals surface area contributed by atoms with Crippen molar-refractivity contribution >= 4 is 29.7 Å². The van der Waals surface area contributed by atoms with Gasteiger partial charge in [-0.2, -0.15) is 18.2 Å². The summed E-state index contributed by atoms with van der Waals surface area (Å²) in [6.45, 7) is 2.14. The minimum absolute atomic E-state index is 0.193. The molecule has 12 heteroatoms. The molecule has 2 N–H and O–H groups in total. The van der Waals surface area contributed by atoms with Crippen LogP contribution in [0, 0.1) is 0 Å². The van der Waals surface area contributed by atoms with Crippen molar-refractivity contribution < 1.29 is 32.0 Å². The quantitative estimate of drug-likeness (QED) is 0.390. The largest absolute Gasteiger partial charge is 0.416 e. The van der Waals surface area contributed by atoms with Gasteiger partial charge in [-0.15, -0.1) is 0 Å². The Hall–Kier alpha value is -4.42. The van der Waals surface area contributed by atoms with Gasteiger partial charge in [-0.25, -0.2) is 9.47 Å². The second-order valence-corrected chi connectivity index (χ2v) is 8.90. The highest BCUT2D eigenvalue weighted by Gasteiger charge is 2.43. The average Bonchev–Trinajstić information content (AvgIpc) is 3.21. The molecule has 2 amide bonds. The highest BCUT2D eigenvalue weighted by molar-refractivity contribution is 6.05. The third-order valence-electron chi connectivity index (χ3n) is 6.11. The number of fused-ring (bicyclic) bond motifs is 1. The number of anilines is 1. The van der Waals surface area contributed by atoms with Gasteiger partial charge in [-0.05, 0) is 43.3 Å². The van der Waals surface area contributed by atoms with Gasteiger partial charge < -0.3 is 15.4 Å². The summed E-state index contributed by atoms with van der Waals surface area (Å²) in [5.41, 5.74) is 1.43. The molecule has 3 heterocycles. The molecule has 4 rings (SSSR count). The number of nitrogens with zero attached hydrogens (tertiary/aromatic N) is 4. The lowest BCUT2D eigenvalue weighted by atomic mass is 10.1. The van der Waals surface area contributed by atoms with Gasteiger partial charge >= 0.3 is 6.18 Å². The van der Waals surface area contributed by atoms with E-state index >= 15 is 0 Å². The molecule has 0 bridgehead atoms. The molecule has 1 aromatic carbocycles. The molecule has 0 spiro atoms. The number of halogens is 3. The minimum atomic E-state index is -4.55. The Morgan fingerprint density at radius 1 is 1.18 bits per heavy atom. The van der Waals surface area contributed by atoms with E-state index in [1.807, 2.05) is 20.2 Å². The first kappa shape index (κ1) is 27.6. The number of nitrogens with one attached hydrogen (secondary N) is 2. The van der Waals surface area contributed by atoms with Gasteiger partial charge in [0.2, 0.25) is 11.7 Å². The van der Waals surface area contributed by atoms with Gasteiger partial charge in [0.1, 0.15) is 17.7 Å². The molecular weight excluding hydrogens is 513 g/mol. The number of amidine groups is 1. The lowest BCUT2D eigenvalue weighted by Crippen LogP contribution is -2.43. The highest BCUT2D eigenvalue weighted by Crippen LogP contribution is 2.34. The Balaban J connectivity index is 1.54. The van der Waals surface area contributed by atoms with Crippen molar-refractivity contribution in [2.75, 3.05) is 26.1 Å². The zero-order valence-electron chi connectivity index (χ0n) is 21.4. The van der Waals surface area contributed by atoms with Crippen molar-refractivity contribution in [3.63, 3.8) is 0 Å². The lowest BCUT2D eigenvalue weighted by molar-refractivity contribution is -0.713. The summed E-state index contributed by atoms with van der Waals surface area (Å²) in [6.07, 6.45) is 4.64. The van der Waals surface area contributed by atoms with Crippen molar-refractivity contribution in [1.29, 1.82) is 0 Å². The van der Waals surface area contributed by atoms with Crippen LogP contribution < -0.4 is 10.6 Å². The number of ether oxygens (including phenoxy) is 1. The maximum Gasteiger partial charge on any atom is 0.416 e. The average molecular weight is 540 g/mol. The zero-order valence-corrected chi connectivity index (χ0v) is 21.4. The summed E-state index contributed by atoms with van der Waals surface area (Å²) in [5.74, 6) is -0.463. The van der Waals surface area contributed by atoms with E-state index in [9.17, 15) is 22.8 Å². The van der Waals surface area contributed by atoms with Crippen LogP contribution in [0.2, 0.25) is 0 Å². The van der Waals surface area contributed by atoms with E-state index in [0.717, 1.165) is 24.0 Å². The number of methoxy groups -OCH3 is 1. The number of rotatable bonds is 8. The first-order chi connectivity index (χ1) is 18.5. The van der Waals surface area contributed by atoms with E-state index in [4.69, 9.17) is 9.73 Å². The molecule has 2 aliphatic heterocycles. The molecule has 0 radical (unpaired) electrons. The summed E-state index contributed by atoms with van der Waals surface area (Å²) >= 11 is 0. The second-order valence-electron chi connectivity index (χ2n) is 8.90. The summed E-state index contributed by atoms with van der Waals surface area (Å²) in [5, 5.41) is 5.29. The molecule has 2 aromatic rings. The van der Waals surface area contributed by atoms with E-state index in [-0.39, 0.29) is 21.8 Å². The topological polar surface area (TPSA) is 105 Å². The van der Waals surface area contributed by atoms with Crippen LogP contribution in [0.4, 0.5) is 19.0 Å². The van der Waals surface area contributed by atoms with Crippen LogP contribution in [-0.2, 0) is 15.7 Å². The van der Waals surface area contributed by atoms with Crippen LogP contribution in [0.15, 0.2) is 88.5 Å². The smallest absolute Gasteiger partial charge is 0.381 e. The van der Waals surface area contributed by atoms with Crippen molar-refractivity contribution in [3.8, 4) is 0 Å². The number of carbonyl (C=O) groups is 2. The number of allylic oxidation sites excluding steroid dienone is 1. The van der Waals surface area contributed by atoms with E-state index in [1.165, 1.54) is 13.2 Å². The van der Waals surface area contributed by atoms with Crippen LogP contribution in [0.25, 0.3) is 0 Å². The fraction of sp³-hybridized carbons (Fsp3) is 0.222. The van der Waals surface area contributed by atoms with E-state index in [1.54, 1.807) is 42.8 Å². The predicted molar refractivity (Wildman–Crippen MR) is 140 cm³/mol. The fourth-order valence-electron chi connectivity index (χ4n) is 4.12. The molecule has 2 atom stereocenters. The molecule has 0 aliphatic carbocycles. The Bertz CT molecular complexity index is 1430. The molecule has 0 saturated carbocycles. The molecule has 1 aromatic heterocycles. The number of pyridine rings is 1. The first-order valence-electron chi connectivity index (χ1n) is 11.8. The van der Waals surface area contributed by atoms with Crippen molar-refractivity contribution in [2.45, 2.75) is 19.1 Å². The summed E-state index contributed by atoms with van der Waals surface area (Å²) < 4.78 is 44.0. The normalized spacial score (nSPS) is 19.2. The van der Waals surface area contributed by atoms with E-state index in [0.29, 0.717) is 23.7 Å². The van der Waals surface area contributed by atoms with Gasteiger partial charge in [0, 0.05) is 24.9 Å². The number of carbonyl (C=O) groups excluding carboxylic acids is 2. The van der Waals surface area contributed by atoms with Gasteiger partial charge in [-0.3, -0.25) is 14.6 Å². The molecule has 0 fully saturated rings. The van der Waals surface area contributed by atoms with E-state index < -0.39 is 23.7 Å². The third kappa shape index (κ3) is 6.02. The Labute approximate surface area is 222 Å². The van der Waals surface area contributed by atoms with Gasteiger partial charge in [0.05, 0.1) is 43.2 Å². The van der Waals surface area contributed by atoms with Crippen LogP contribution in [0.1, 0.15) is 28.4 Å². The van der Waals surface area contributed by atoms with Crippen LogP contribution >= 0.6 is 0 Å². The summed E-state index contributed by atoms with van der Waals surface area (Å²) in [7, 11) is 3.46. The predicted octanol–water partition coefficient (Wildman–Crippen LogP) is 4.03. The molecule has 202 valence electrons. The fourth-order valence-corrected chi connectivity index (χ4v) is 4.12. The number of alkyl halides is 3. The molecule has 39 heavy (non-hydrogen) atoms. The zero-order chi connectivity index (χ0) is 28.2. The van der Waals surface area contributed by atoms with Crippen LogP contribution in [0.5, 0.6) is 0 Å². The molecule has 2 aliphatic rings. The lowest BCUT2D eigenvalue weighted by Gasteiger charge is -2.28. The van der Waals surface area contributed by atoms with Crippen molar-refractivity contribution in [1.82, 2.24) is 10.3 Å². The van der Waals surface area contributed by atoms with Crippen molar-refractivity contribution in [3.05, 3.63) is 95.2 Å². The molecule has 0 saturated heterocycles. The number of benzene rings is 1. The number of hydrogen-bond donors (Lipinski definition) is 2. The van der Waals surface area contributed by atoms with Gasteiger partial charge in [0.25, 0.3) is 5.91 Å². The van der Waals surface area contributed by atoms with Crippen LogP contribution in [0.3, 0.4) is 0 Å².